The highest BCUT2D eigenvalue weighted by Gasteiger charge is 2.21. The van der Waals surface area contributed by atoms with Gasteiger partial charge in [-0.2, -0.15) is 0 Å². The van der Waals surface area contributed by atoms with Gasteiger partial charge in [0.1, 0.15) is 16.4 Å². The molecular weight excluding hydrogens is 415 g/mol. The number of benzene rings is 2. The second-order valence-corrected chi connectivity index (χ2v) is 7.31. The quantitative estimate of drug-likeness (QED) is 0.738. The van der Waals surface area contributed by atoms with Crippen LogP contribution in [0.2, 0.25) is 0 Å². The zero-order valence-corrected chi connectivity index (χ0v) is 13.9. The standard InChI is InChI=1S/C12H9Br2FN2O2S/c13-7-4-5-8(14)11(6-7)20(18,19)17-12-9(15)2-1-3-10(12)16/h1-6,17H,16H2. The minimum absolute atomic E-state index is 0.0136. The molecule has 0 saturated carbocycles. The molecule has 0 aromatic heterocycles. The maximum absolute atomic E-state index is 13.6. The third kappa shape index (κ3) is 3.13. The third-order valence-electron chi connectivity index (χ3n) is 2.47. The molecule has 0 amide bonds. The normalized spacial score (nSPS) is 11.3. The summed E-state index contributed by atoms with van der Waals surface area (Å²) in [5.74, 6) is -0.736. The van der Waals surface area contributed by atoms with Crippen molar-refractivity contribution in [2.24, 2.45) is 0 Å². The summed E-state index contributed by atoms with van der Waals surface area (Å²) in [4.78, 5) is -0.0190. The van der Waals surface area contributed by atoms with Gasteiger partial charge >= 0.3 is 0 Å². The van der Waals surface area contributed by atoms with E-state index in [1.54, 1.807) is 12.1 Å². The molecule has 0 fully saturated rings. The fourth-order valence-electron chi connectivity index (χ4n) is 1.52. The molecule has 0 aliphatic heterocycles. The van der Waals surface area contributed by atoms with Crippen molar-refractivity contribution in [3.05, 3.63) is 51.2 Å². The number of sulfonamides is 1. The highest BCUT2D eigenvalue weighted by atomic mass is 79.9. The summed E-state index contributed by atoms with van der Waals surface area (Å²) in [6.45, 7) is 0. The number of rotatable bonds is 3. The Kier molecular flexibility index (Phi) is 4.36. The van der Waals surface area contributed by atoms with Crippen LogP contribution in [0.4, 0.5) is 15.8 Å². The SMILES string of the molecule is Nc1cccc(F)c1NS(=O)(=O)c1cc(Br)ccc1Br. The van der Waals surface area contributed by atoms with E-state index in [0.29, 0.717) is 8.95 Å². The lowest BCUT2D eigenvalue weighted by Crippen LogP contribution is -2.16. The number of para-hydroxylation sites is 1. The molecule has 0 unspecified atom stereocenters. The Labute approximate surface area is 132 Å². The van der Waals surface area contributed by atoms with Crippen LogP contribution in [-0.4, -0.2) is 8.42 Å². The molecule has 2 aromatic carbocycles. The first-order chi connectivity index (χ1) is 9.31. The molecule has 106 valence electrons. The van der Waals surface area contributed by atoms with Crippen LogP contribution < -0.4 is 10.5 Å². The number of halogens is 3. The molecule has 0 heterocycles. The summed E-state index contributed by atoms with van der Waals surface area (Å²) >= 11 is 6.34. The summed E-state index contributed by atoms with van der Waals surface area (Å²) in [5, 5.41) is 0. The molecule has 0 atom stereocenters. The Hall–Kier alpha value is -1.12. The maximum Gasteiger partial charge on any atom is 0.263 e. The van der Waals surface area contributed by atoms with E-state index in [9.17, 15) is 12.8 Å². The second kappa shape index (κ2) is 5.71. The molecule has 2 aromatic rings. The molecule has 0 spiro atoms. The van der Waals surface area contributed by atoms with Crippen molar-refractivity contribution in [1.29, 1.82) is 0 Å². The van der Waals surface area contributed by atoms with Crippen molar-refractivity contribution in [3.63, 3.8) is 0 Å². The third-order valence-corrected chi connectivity index (χ3v) is 5.30. The van der Waals surface area contributed by atoms with Gasteiger partial charge in [-0.25, -0.2) is 12.8 Å². The summed E-state index contributed by atoms with van der Waals surface area (Å²) in [7, 11) is -3.96. The van der Waals surface area contributed by atoms with Crippen molar-refractivity contribution in [1.82, 2.24) is 0 Å². The summed E-state index contributed by atoms with van der Waals surface area (Å²) in [5.41, 5.74) is 5.34. The topological polar surface area (TPSA) is 72.2 Å². The molecule has 0 aliphatic carbocycles. The summed E-state index contributed by atoms with van der Waals surface area (Å²) in [6.07, 6.45) is 0. The second-order valence-electron chi connectivity index (χ2n) is 3.88. The Morgan fingerprint density at radius 1 is 1.15 bits per heavy atom. The van der Waals surface area contributed by atoms with Gasteiger partial charge in [0.05, 0.1) is 5.69 Å². The van der Waals surface area contributed by atoms with E-state index in [0.717, 1.165) is 6.07 Å². The van der Waals surface area contributed by atoms with Gasteiger partial charge in [-0.3, -0.25) is 4.72 Å². The lowest BCUT2D eigenvalue weighted by molar-refractivity contribution is 0.598. The largest absolute Gasteiger partial charge is 0.397 e. The average molecular weight is 424 g/mol. The van der Waals surface area contributed by atoms with E-state index in [1.807, 2.05) is 0 Å². The molecule has 0 bridgehead atoms. The van der Waals surface area contributed by atoms with Gasteiger partial charge in [0.25, 0.3) is 10.0 Å². The fourth-order valence-corrected chi connectivity index (χ4v) is 4.12. The molecule has 0 aliphatic rings. The number of nitrogens with two attached hydrogens (primary N) is 1. The zero-order chi connectivity index (χ0) is 14.9. The lowest BCUT2D eigenvalue weighted by atomic mass is 10.3. The highest BCUT2D eigenvalue weighted by molar-refractivity contribution is 9.11. The van der Waals surface area contributed by atoms with Gasteiger partial charge in [0.15, 0.2) is 0 Å². The van der Waals surface area contributed by atoms with Gasteiger partial charge in [-0.05, 0) is 46.3 Å². The van der Waals surface area contributed by atoms with E-state index in [1.165, 1.54) is 18.2 Å². The van der Waals surface area contributed by atoms with Gasteiger partial charge in [0.2, 0.25) is 0 Å². The molecule has 0 saturated heterocycles. The highest BCUT2D eigenvalue weighted by Crippen LogP contribution is 2.30. The molecular formula is C12H9Br2FN2O2S. The number of anilines is 2. The number of hydrogen-bond acceptors (Lipinski definition) is 3. The first kappa shape index (κ1) is 15.3. The Morgan fingerprint density at radius 3 is 2.50 bits per heavy atom. The van der Waals surface area contributed by atoms with Gasteiger partial charge in [-0.1, -0.05) is 22.0 Å². The molecule has 0 radical (unpaired) electrons. The van der Waals surface area contributed by atoms with Crippen LogP contribution in [0.5, 0.6) is 0 Å². The monoisotopic (exact) mass is 422 g/mol. The molecule has 8 heteroatoms. The molecule has 2 rings (SSSR count). The first-order valence-electron chi connectivity index (χ1n) is 5.33. The van der Waals surface area contributed by atoms with Crippen molar-refractivity contribution < 1.29 is 12.8 Å². The van der Waals surface area contributed by atoms with Crippen molar-refractivity contribution in [2.45, 2.75) is 4.90 Å². The summed E-state index contributed by atoms with van der Waals surface area (Å²) < 4.78 is 41.3. The van der Waals surface area contributed by atoms with Crippen LogP contribution in [0.1, 0.15) is 0 Å². The maximum atomic E-state index is 13.6. The van der Waals surface area contributed by atoms with Gasteiger partial charge < -0.3 is 5.73 Å². The van der Waals surface area contributed by atoms with Crippen LogP contribution in [0.15, 0.2) is 50.2 Å². The van der Waals surface area contributed by atoms with E-state index in [2.05, 4.69) is 36.6 Å². The minimum Gasteiger partial charge on any atom is -0.397 e. The van der Waals surface area contributed by atoms with Gasteiger partial charge in [-0.15, -0.1) is 0 Å². The number of nitrogens with one attached hydrogen (secondary N) is 1. The Balaban J connectivity index is 2.49. The van der Waals surface area contributed by atoms with E-state index < -0.39 is 15.8 Å². The molecule has 20 heavy (non-hydrogen) atoms. The van der Waals surface area contributed by atoms with Crippen LogP contribution in [0.3, 0.4) is 0 Å². The van der Waals surface area contributed by atoms with Crippen LogP contribution >= 0.6 is 31.9 Å². The van der Waals surface area contributed by atoms with Crippen LogP contribution in [0, 0.1) is 5.82 Å². The lowest BCUT2D eigenvalue weighted by Gasteiger charge is -2.12. The van der Waals surface area contributed by atoms with Crippen molar-refractivity contribution in [3.8, 4) is 0 Å². The number of hydrogen-bond donors (Lipinski definition) is 2. The van der Waals surface area contributed by atoms with E-state index >= 15 is 0 Å². The first-order valence-corrected chi connectivity index (χ1v) is 8.40. The smallest absolute Gasteiger partial charge is 0.263 e. The van der Waals surface area contributed by atoms with E-state index in [-0.39, 0.29) is 16.3 Å². The predicted octanol–water partition coefficient (Wildman–Crippen LogP) is 3.73. The van der Waals surface area contributed by atoms with Crippen molar-refractivity contribution >= 4 is 53.3 Å². The minimum atomic E-state index is -3.96. The van der Waals surface area contributed by atoms with Crippen LogP contribution in [0.25, 0.3) is 0 Å². The Bertz CT molecular complexity index is 746. The average Bonchev–Trinajstić information content (AvgIpc) is 2.37. The zero-order valence-electron chi connectivity index (χ0n) is 9.90. The summed E-state index contributed by atoms with van der Waals surface area (Å²) in [6, 6.07) is 8.60. The van der Waals surface area contributed by atoms with Crippen molar-refractivity contribution in [2.75, 3.05) is 10.5 Å². The fraction of sp³-hybridized carbons (Fsp3) is 0. The van der Waals surface area contributed by atoms with Crippen LogP contribution in [-0.2, 0) is 10.0 Å². The Morgan fingerprint density at radius 2 is 1.85 bits per heavy atom. The van der Waals surface area contributed by atoms with Gasteiger partial charge in [0, 0.05) is 8.95 Å². The number of nitrogen functional groups attached to an aromatic ring is 1. The molecule has 3 N–H and O–H groups in total. The molecule has 4 nitrogen and oxygen atoms in total. The predicted molar refractivity (Wildman–Crippen MR) is 83.5 cm³/mol. The van der Waals surface area contributed by atoms with E-state index in [4.69, 9.17) is 5.73 Å².